The van der Waals surface area contributed by atoms with Crippen LogP contribution in [-0.4, -0.2) is 20.7 Å². The molecule has 0 unspecified atom stereocenters. The summed E-state index contributed by atoms with van der Waals surface area (Å²) in [7, 11) is 1.32. The van der Waals surface area contributed by atoms with Gasteiger partial charge in [-0.05, 0) is 18.2 Å². The second-order valence-corrected chi connectivity index (χ2v) is 6.08. The Morgan fingerprint density at radius 3 is 2.52 bits per heavy atom. The summed E-state index contributed by atoms with van der Waals surface area (Å²) in [6, 6.07) is 6.44. The fourth-order valence-electron chi connectivity index (χ4n) is 2.25. The molecule has 2 N–H and O–H groups in total. The standard InChI is InChI=1S/C15H10F4N4OS/c1-23-9(6-10(22-23)15(17,18)19)12-11(21-14(25-12)13(20)24)7-4-2-3-5-8(7)16/h2-6H,1H3,(H2,20,24). The maximum absolute atomic E-state index is 14.1. The molecule has 0 spiro atoms. The molecule has 0 atom stereocenters. The van der Waals surface area contributed by atoms with E-state index in [0.717, 1.165) is 22.1 Å². The molecule has 5 nitrogen and oxygen atoms in total. The Morgan fingerprint density at radius 2 is 1.96 bits per heavy atom. The summed E-state index contributed by atoms with van der Waals surface area (Å²) in [4.78, 5) is 15.6. The third kappa shape index (κ3) is 3.12. The Bertz CT molecular complexity index is 961. The minimum absolute atomic E-state index is 0.0358. The molecule has 0 aliphatic carbocycles. The molecule has 2 heterocycles. The second kappa shape index (κ2) is 5.96. The van der Waals surface area contributed by atoms with Crippen LogP contribution in [-0.2, 0) is 13.2 Å². The van der Waals surface area contributed by atoms with E-state index in [4.69, 9.17) is 5.73 Å². The zero-order valence-corrected chi connectivity index (χ0v) is 13.5. The minimum Gasteiger partial charge on any atom is -0.364 e. The molecule has 0 fully saturated rings. The van der Waals surface area contributed by atoms with Crippen LogP contribution in [0.5, 0.6) is 0 Å². The highest BCUT2D eigenvalue weighted by Crippen LogP contribution is 2.39. The van der Waals surface area contributed by atoms with Crippen molar-refractivity contribution in [3.63, 3.8) is 0 Å². The molecule has 0 saturated heterocycles. The van der Waals surface area contributed by atoms with Gasteiger partial charge in [0.25, 0.3) is 5.91 Å². The van der Waals surface area contributed by atoms with Crippen molar-refractivity contribution < 1.29 is 22.4 Å². The first-order valence-corrected chi connectivity index (χ1v) is 7.67. The minimum atomic E-state index is -4.63. The molecule has 3 aromatic rings. The van der Waals surface area contributed by atoms with Crippen LogP contribution < -0.4 is 5.73 Å². The van der Waals surface area contributed by atoms with E-state index in [2.05, 4.69) is 10.1 Å². The Balaban J connectivity index is 2.25. The quantitative estimate of drug-likeness (QED) is 0.718. The number of carbonyl (C=O) groups excluding carboxylic acids is 1. The molecule has 0 bridgehead atoms. The highest BCUT2D eigenvalue weighted by Gasteiger charge is 2.35. The molecule has 2 aromatic heterocycles. The number of nitrogens with two attached hydrogens (primary N) is 1. The number of rotatable bonds is 3. The Labute approximate surface area is 142 Å². The molecule has 0 saturated carbocycles. The van der Waals surface area contributed by atoms with Gasteiger partial charge in [-0.15, -0.1) is 11.3 Å². The number of nitrogens with zero attached hydrogens (tertiary/aromatic N) is 3. The molecule has 3 rings (SSSR count). The highest BCUT2D eigenvalue weighted by atomic mass is 32.1. The van der Waals surface area contributed by atoms with Gasteiger partial charge in [0.05, 0.1) is 16.3 Å². The maximum atomic E-state index is 14.1. The average Bonchev–Trinajstić information content (AvgIpc) is 3.11. The smallest absolute Gasteiger partial charge is 0.364 e. The summed E-state index contributed by atoms with van der Waals surface area (Å²) in [6.45, 7) is 0. The van der Waals surface area contributed by atoms with Crippen LogP contribution in [0.4, 0.5) is 17.6 Å². The van der Waals surface area contributed by atoms with Gasteiger partial charge in [-0.1, -0.05) is 12.1 Å². The summed E-state index contributed by atoms with van der Waals surface area (Å²) in [5.74, 6) is -1.48. The monoisotopic (exact) mass is 370 g/mol. The van der Waals surface area contributed by atoms with Crippen molar-refractivity contribution >= 4 is 17.2 Å². The summed E-state index contributed by atoms with van der Waals surface area (Å²) in [6.07, 6.45) is -4.63. The van der Waals surface area contributed by atoms with Crippen molar-refractivity contribution in [3.05, 3.63) is 46.9 Å². The first-order chi connectivity index (χ1) is 11.7. The molecule has 1 amide bonds. The number of amides is 1. The van der Waals surface area contributed by atoms with E-state index in [9.17, 15) is 22.4 Å². The zero-order valence-electron chi connectivity index (χ0n) is 12.6. The number of benzene rings is 1. The largest absolute Gasteiger partial charge is 0.435 e. The maximum Gasteiger partial charge on any atom is 0.435 e. The molecule has 130 valence electrons. The lowest BCUT2D eigenvalue weighted by molar-refractivity contribution is -0.141. The lowest BCUT2D eigenvalue weighted by Crippen LogP contribution is -2.10. The number of aryl methyl sites for hydroxylation is 1. The SMILES string of the molecule is Cn1nc(C(F)(F)F)cc1-c1sc(C(N)=O)nc1-c1ccccc1F. The number of hydrogen-bond donors (Lipinski definition) is 1. The molecule has 10 heteroatoms. The van der Waals surface area contributed by atoms with Crippen molar-refractivity contribution in [3.8, 4) is 21.8 Å². The second-order valence-electron chi connectivity index (χ2n) is 5.08. The van der Waals surface area contributed by atoms with E-state index in [1.54, 1.807) is 6.07 Å². The van der Waals surface area contributed by atoms with Crippen molar-refractivity contribution in [2.24, 2.45) is 12.8 Å². The third-order valence-electron chi connectivity index (χ3n) is 3.37. The van der Waals surface area contributed by atoms with Gasteiger partial charge < -0.3 is 5.73 Å². The normalized spacial score (nSPS) is 11.7. The number of primary amides is 1. The van der Waals surface area contributed by atoms with Gasteiger partial charge in [-0.3, -0.25) is 9.48 Å². The van der Waals surface area contributed by atoms with E-state index in [0.29, 0.717) is 0 Å². The first-order valence-electron chi connectivity index (χ1n) is 6.85. The molecule has 0 aliphatic rings. The van der Waals surface area contributed by atoms with Gasteiger partial charge >= 0.3 is 6.18 Å². The van der Waals surface area contributed by atoms with Crippen LogP contribution in [0.3, 0.4) is 0 Å². The van der Waals surface area contributed by atoms with Crippen LogP contribution in [0.1, 0.15) is 15.5 Å². The lowest BCUT2D eigenvalue weighted by Gasteiger charge is -2.04. The lowest BCUT2D eigenvalue weighted by atomic mass is 10.1. The number of alkyl halides is 3. The van der Waals surface area contributed by atoms with Crippen molar-refractivity contribution in [1.82, 2.24) is 14.8 Å². The average molecular weight is 370 g/mol. The number of thiazole rings is 1. The van der Waals surface area contributed by atoms with E-state index in [-0.39, 0.29) is 26.8 Å². The first kappa shape index (κ1) is 17.1. The Kier molecular flexibility index (Phi) is 4.07. The van der Waals surface area contributed by atoms with Crippen LogP contribution in [0.15, 0.2) is 30.3 Å². The van der Waals surface area contributed by atoms with E-state index < -0.39 is 23.6 Å². The summed E-state index contributed by atoms with van der Waals surface area (Å²) < 4.78 is 53.8. The molecule has 0 aliphatic heterocycles. The van der Waals surface area contributed by atoms with Crippen molar-refractivity contribution in [2.75, 3.05) is 0 Å². The Hall–Kier alpha value is -2.75. The fraction of sp³-hybridized carbons (Fsp3) is 0.133. The van der Waals surface area contributed by atoms with Crippen LogP contribution in [0.25, 0.3) is 21.8 Å². The topological polar surface area (TPSA) is 73.8 Å². The van der Waals surface area contributed by atoms with E-state index in [1.807, 2.05) is 0 Å². The third-order valence-corrected chi connectivity index (χ3v) is 4.46. The van der Waals surface area contributed by atoms with Crippen molar-refractivity contribution in [2.45, 2.75) is 6.18 Å². The molecule has 0 radical (unpaired) electrons. The van der Waals surface area contributed by atoms with E-state index >= 15 is 0 Å². The van der Waals surface area contributed by atoms with Gasteiger partial charge in [-0.25, -0.2) is 9.37 Å². The van der Waals surface area contributed by atoms with Gasteiger partial charge in [0.2, 0.25) is 0 Å². The highest BCUT2D eigenvalue weighted by molar-refractivity contribution is 7.17. The summed E-state index contributed by atoms with van der Waals surface area (Å²) >= 11 is 0.782. The molecule has 25 heavy (non-hydrogen) atoms. The van der Waals surface area contributed by atoms with Gasteiger partial charge in [0.1, 0.15) is 5.82 Å². The number of hydrogen-bond acceptors (Lipinski definition) is 4. The van der Waals surface area contributed by atoms with Crippen molar-refractivity contribution in [1.29, 1.82) is 0 Å². The molecule has 1 aromatic carbocycles. The number of aromatic nitrogens is 3. The van der Waals surface area contributed by atoms with Crippen LogP contribution >= 0.6 is 11.3 Å². The van der Waals surface area contributed by atoms with Crippen LogP contribution in [0.2, 0.25) is 0 Å². The number of carbonyl (C=O) groups is 1. The summed E-state index contributed by atoms with van der Waals surface area (Å²) in [5, 5.41) is 3.29. The molecular formula is C15H10F4N4OS. The number of halogens is 4. The molecular weight excluding hydrogens is 360 g/mol. The Morgan fingerprint density at radius 1 is 1.28 bits per heavy atom. The predicted molar refractivity (Wildman–Crippen MR) is 83.2 cm³/mol. The predicted octanol–water partition coefficient (Wildman–Crippen LogP) is 3.47. The fourth-order valence-corrected chi connectivity index (χ4v) is 3.23. The zero-order chi connectivity index (χ0) is 18.4. The van der Waals surface area contributed by atoms with Gasteiger partial charge in [-0.2, -0.15) is 18.3 Å². The summed E-state index contributed by atoms with van der Waals surface area (Å²) in [5.41, 5.74) is 4.26. The van der Waals surface area contributed by atoms with Gasteiger partial charge in [0, 0.05) is 12.6 Å². The van der Waals surface area contributed by atoms with E-state index in [1.165, 1.54) is 25.2 Å². The van der Waals surface area contributed by atoms with Crippen LogP contribution in [0, 0.1) is 5.82 Å². The van der Waals surface area contributed by atoms with Gasteiger partial charge in [0.15, 0.2) is 10.7 Å².